The van der Waals surface area contributed by atoms with Gasteiger partial charge in [0.05, 0.1) is 6.54 Å². The molecule has 1 amide bonds. The van der Waals surface area contributed by atoms with Crippen LogP contribution in [-0.2, 0) is 16.9 Å². The molecule has 1 aliphatic rings. The fraction of sp³-hybridized carbons (Fsp3) is 0.130. The second kappa shape index (κ2) is 6.72. The summed E-state index contributed by atoms with van der Waals surface area (Å²) in [5, 5.41) is 0. The van der Waals surface area contributed by atoms with Crippen LogP contribution in [0, 0.1) is 6.92 Å². The molecule has 4 rings (SSSR count). The van der Waals surface area contributed by atoms with Gasteiger partial charge in [0.2, 0.25) is 0 Å². The first-order chi connectivity index (χ1) is 13.1. The van der Waals surface area contributed by atoms with Gasteiger partial charge in [0.15, 0.2) is 11.5 Å². The monoisotopic (exact) mass is 355 g/mol. The largest absolute Gasteiger partial charge is 0.369 e. The summed E-state index contributed by atoms with van der Waals surface area (Å²) in [4.78, 5) is 19.9. The van der Waals surface area contributed by atoms with Crippen LogP contribution in [0.5, 0.6) is 0 Å². The zero-order valence-corrected chi connectivity index (χ0v) is 15.2. The van der Waals surface area contributed by atoms with E-state index < -0.39 is 5.54 Å². The normalized spacial score (nSPS) is 15.7. The lowest BCUT2D eigenvalue weighted by Crippen LogP contribution is -2.43. The van der Waals surface area contributed by atoms with Gasteiger partial charge in [-0.3, -0.25) is 9.69 Å². The second-order valence-corrected chi connectivity index (χ2v) is 6.79. The Kier molecular flexibility index (Phi) is 4.24. The summed E-state index contributed by atoms with van der Waals surface area (Å²) in [6, 6.07) is 27.3. The molecule has 0 unspecified atom stereocenters. The number of amides is 1. The number of benzene rings is 3. The van der Waals surface area contributed by atoms with E-state index in [2.05, 4.69) is 6.07 Å². The molecule has 0 spiro atoms. The number of aryl methyl sites for hydroxylation is 1. The Morgan fingerprint density at radius 1 is 0.889 bits per heavy atom. The number of hydrogen-bond donors (Lipinski definition) is 1. The van der Waals surface area contributed by atoms with E-state index in [4.69, 9.17) is 10.7 Å². The third kappa shape index (κ3) is 2.89. The van der Waals surface area contributed by atoms with Gasteiger partial charge in [0.25, 0.3) is 5.91 Å². The van der Waals surface area contributed by atoms with E-state index in [1.807, 2.05) is 85.8 Å². The molecule has 0 atom stereocenters. The number of carbonyl (C=O) groups excluding carboxylic acids is 1. The smallest absolute Gasteiger partial charge is 0.266 e. The Labute approximate surface area is 159 Å². The summed E-state index contributed by atoms with van der Waals surface area (Å²) >= 11 is 0. The van der Waals surface area contributed by atoms with Crippen molar-refractivity contribution in [2.75, 3.05) is 0 Å². The Morgan fingerprint density at radius 2 is 1.48 bits per heavy atom. The molecule has 0 fully saturated rings. The predicted octanol–water partition coefficient (Wildman–Crippen LogP) is 3.60. The van der Waals surface area contributed by atoms with E-state index >= 15 is 0 Å². The van der Waals surface area contributed by atoms with E-state index in [1.165, 1.54) is 0 Å². The highest BCUT2D eigenvalue weighted by Gasteiger charge is 2.50. The van der Waals surface area contributed by atoms with Crippen molar-refractivity contribution in [2.24, 2.45) is 10.7 Å². The average Bonchev–Trinajstić information content (AvgIpc) is 2.95. The Balaban J connectivity index is 1.81. The van der Waals surface area contributed by atoms with Crippen LogP contribution in [0.3, 0.4) is 0 Å². The zero-order chi connectivity index (χ0) is 18.9. The first-order valence-corrected chi connectivity index (χ1v) is 8.95. The molecule has 3 aromatic carbocycles. The molecule has 0 saturated heterocycles. The van der Waals surface area contributed by atoms with Crippen LogP contribution in [0.15, 0.2) is 89.9 Å². The van der Waals surface area contributed by atoms with Gasteiger partial charge >= 0.3 is 0 Å². The molecular weight excluding hydrogens is 334 g/mol. The highest BCUT2D eigenvalue weighted by atomic mass is 16.2. The van der Waals surface area contributed by atoms with Gasteiger partial charge in [-0.05, 0) is 23.6 Å². The minimum atomic E-state index is -1.14. The van der Waals surface area contributed by atoms with Gasteiger partial charge in [-0.25, -0.2) is 4.99 Å². The summed E-state index contributed by atoms with van der Waals surface area (Å²) in [6.07, 6.45) is 0. The highest BCUT2D eigenvalue weighted by molar-refractivity contribution is 6.09. The van der Waals surface area contributed by atoms with Crippen molar-refractivity contribution in [1.82, 2.24) is 4.90 Å². The summed E-state index contributed by atoms with van der Waals surface area (Å²) in [5.41, 5.74) is 8.92. The van der Waals surface area contributed by atoms with Gasteiger partial charge in [0, 0.05) is 0 Å². The standard InChI is InChI=1S/C23H21N3O/c1-17-9-8-10-18(15-17)16-26-21(27)23(25-22(26)24,19-11-4-2-5-12-19)20-13-6-3-7-14-20/h2-15H,16H2,1H3,(H2,24,25). The minimum absolute atomic E-state index is 0.126. The summed E-state index contributed by atoms with van der Waals surface area (Å²) in [6.45, 7) is 2.43. The van der Waals surface area contributed by atoms with E-state index in [0.29, 0.717) is 6.54 Å². The van der Waals surface area contributed by atoms with E-state index in [0.717, 1.165) is 22.3 Å². The Bertz CT molecular complexity index is 957. The molecule has 1 aliphatic heterocycles. The maximum absolute atomic E-state index is 13.7. The summed E-state index contributed by atoms with van der Waals surface area (Å²) < 4.78 is 0. The van der Waals surface area contributed by atoms with Crippen LogP contribution in [0.4, 0.5) is 0 Å². The maximum atomic E-state index is 13.7. The molecule has 134 valence electrons. The number of nitrogens with two attached hydrogens (primary N) is 1. The van der Waals surface area contributed by atoms with Crippen molar-refractivity contribution >= 4 is 11.9 Å². The minimum Gasteiger partial charge on any atom is -0.369 e. The topological polar surface area (TPSA) is 58.7 Å². The number of rotatable bonds is 4. The number of aliphatic imine (C=N–C) groups is 1. The van der Waals surface area contributed by atoms with Crippen LogP contribution in [0.2, 0.25) is 0 Å². The Hall–Kier alpha value is -3.40. The Morgan fingerprint density at radius 3 is 2.04 bits per heavy atom. The van der Waals surface area contributed by atoms with Crippen LogP contribution in [0.1, 0.15) is 22.3 Å². The van der Waals surface area contributed by atoms with Gasteiger partial charge in [-0.1, -0.05) is 90.5 Å². The van der Waals surface area contributed by atoms with Gasteiger partial charge in [0.1, 0.15) is 0 Å². The average molecular weight is 355 g/mol. The van der Waals surface area contributed by atoms with E-state index in [1.54, 1.807) is 4.90 Å². The second-order valence-electron chi connectivity index (χ2n) is 6.79. The molecule has 4 nitrogen and oxygen atoms in total. The lowest BCUT2D eigenvalue weighted by molar-refractivity contribution is -0.130. The third-order valence-corrected chi connectivity index (χ3v) is 4.92. The molecule has 0 bridgehead atoms. The van der Waals surface area contributed by atoms with Crippen molar-refractivity contribution < 1.29 is 4.79 Å². The van der Waals surface area contributed by atoms with Crippen molar-refractivity contribution in [2.45, 2.75) is 19.0 Å². The molecule has 1 heterocycles. The molecule has 4 heteroatoms. The number of nitrogens with zero attached hydrogens (tertiary/aromatic N) is 2. The van der Waals surface area contributed by atoms with Crippen LogP contribution in [0.25, 0.3) is 0 Å². The van der Waals surface area contributed by atoms with Crippen molar-refractivity contribution in [3.05, 3.63) is 107 Å². The number of carbonyl (C=O) groups is 1. The van der Waals surface area contributed by atoms with Crippen molar-refractivity contribution in [3.63, 3.8) is 0 Å². The molecule has 2 N–H and O–H groups in total. The number of hydrogen-bond acceptors (Lipinski definition) is 3. The first-order valence-electron chi connectivity index (χ1n) is 8.95. The SMILES string of the molecule is Cc1cccc(CN2C(=O)C(c3ccccc3)(c3ccccc3)N=C2N)c1. The highest BCUT2D eigenvalue weighted by Crippen LogP contribution is 2.39. The number of guanidine groups is 1. The third-order valence-electron chi connectivity index (χ3n) is 4.92. The molecule has 0 saturated carbocycles. The summed E-state index contributed by atoms with van der Waals surface area (Å²) in [5.74, 6) is 0.119. The van der Waals surface area contributed by atoms with Gasteiger partial charge < -0.3 is 5.73 Å². The molecule has 27 heavy (non-hydrogen) atoms. The quantitative estimate of drug-likeness (QED) is 0.777. The van der Waals surface area contributed by atoms with Crippen LogP contribution >= 0.6 is 0 Å². The lowest BCUT2D eigenvalue weighted by atomic mass is 9.83. The van der Waals surface area contributed by atoms with Gasteiger partial charge in [-0.15, -0.1) is 0 Å². The molecule has 3 aromatic rings. The summed E-state index contributed by atoms with van der Waals surface area (Å²) in [7, 11) is 0. The van der Waals surface area contributed by atoms with Crippen LogP contribution < -0.4 is 5.73 Å². The van der Waals surface area contributed by atoms with E-state index in [-0.39, 0.29) is 11.9 Å². The van der Waals surface area contributed by atoms with E-state index in [9.17, 15) is 4.79 Å². The zero-order valence-electron chi connectivity index (χ0n) is 15.2. The first kappa shape index (κ1) is 17.0. The predicted molar refractivity (Wildman–Crippen MR) is 107 cm³/mol. The van der Waals surface area contributed by atoms with Crippen molar-refractivity contribution in [3.8, 4) is 0 Å². The van der Waals surface area contributed by atoms with Crippen LogP contribution in [-0.4, -0.2) is 16.8 Å². The van der Waals surface area contributed by atoms with Gasteiger partial charge in [-0.2, -0.15) is 0 Å². The molecule has 0 radical (unpaired) electrons. The molecule has 0 aromatic heterocycles. The van der Waals surface area contributed by atoms with Crippen molar-refractivity contribution in [1.29, 1.82) is 0 Å². The maximum Gasteiger partial charge on any atom is 0.266 e. The lowest BCUT2D eigenvalue weighted by Gasteiger charge is -2.27. The fourth-order valence-corrected chi connectivity index (χ4v) is 3.63. The fourth-order valence-electron chi connectivity index (χ4n) is 3.63. The molecular formula is C23H21N3O. The molecule has 0 aliphatic carbocycles.